The van der Waals surface area contributed by atoms with E-state index >= 15 is 0 Å². The number of nitrogens with zero attached hydrogens (tertiary/aromatic N) is 4. The number of likely N-dealkylation sites (tertiary alicyclic amines) is 2. The van der Waals surface area contributed by atoms with Crippen LogP contribution in [0.4, 0.5) is 0 Å². The normalized spacial score (nSPS) is 20.5. The second-order valence-corrected chi connectivity index (χ2v) is 11.5. The molecule has 0 radical (unpaired) electrons. The number of carbonyl (C=O) groups is 2. The number of aromatic nitrogens is 2. The van der Waals surface area contributed by atoms with E-state index in [0.29, 0.717) is 49.8 Å². The van der Waals surface area contributed by atoms with Crippen LogP contribution in [-0.2, 0) is 16.1 Å². The van der Waals surface area contributed by atoms with E-state index in [1.54, 1.807) is 30.2 Å². The summed E-state index contributed by atoms with van der Waals surface area (Å²) in [7, 11) is 1.72. The first-order valence-electron chi connectivity index (χ1n) is 15.1. The van der Waals surface area contributed by atoms with Crippen LogP contribution in [0, 0.1) is 5.92 Å². The molecule has 2 fully saturated rings. The third-order valence-corrected chi connectivity index (χ3v) is 8.54. The monoisotopic (exact) mass is 581 g/mol. The van der Waals surface area contributed by atoms with Gasteiger partial charge in [-0.05, 0) is 61.7 Å². The van der Waals surface area contributed by atoms with Gasteiger partial charge in [0, 0.05) is 64.0 Å². The second-order valence-electron chi connectivity index (χ2n) is 11.5. The van der Waals surface area contributed by atoms with Crippen LogP contribution in [0.3, 0.4) is 0 Å². The van der Waals surface area contributed by atoms with Crippen LogP contribution >= 0.6 is 0 Å². The lowest BCUT2D eigenvalue weighted by Crippen LogP contribution is -2.47. The van der Waals surface area contributed by atoms with Crippen molar-refractivity contribution in [1.82, 2.24) is 19.4 Å². The smallest absolute Gasteiger partial charge is 0.254 e. The molecule has 3 heterocycles. The van der Waals surface area contributed by atoms with Gasteiger partial charge in [0.25, 0.3) is 5.91 Å². The number of fused-ring (bicyclic) bond motifs is 1. The average molecular weight is 582 g/mol. The number of hydrogen-bond donors (Lipinski definition) is 1. The molecule has 3 atom stereocenters. The van der Waals surface area contributed by atoms with Crippen LogP contribution in [0.2, 0.25) is 0 Å². The lowest BCUT2D eigenvalue weighted by Gasteiger charge is -2.35. The van der Waals surface area contributed by atoms with Crippen LogP contribution in [0.25, 0.3) is 11.0 Å². The predicted molar refractivity (Wildman–Crippen MR) is 165 cm³/mol. The molecule has 0 bridgehead atoms. The Morgan fingerprint density at radius 2 is 1.72 bits per heavy atom. The minimum atomic E-state index is -0.438. The van der Waals surface area contributed by atoms with Crippen LogP contribution in [0.1, 0.15) is 41.4 Å². The van der Waals surface area contributed by atoms with Gasteiger partial charge in [-0.3, -0.25) is 9.59 Å². The molecule has 0 saturated carbocycles. The van der Waals surface area contributed by atoms with E-state index in [2.05, 4.69) is 10.6 Å². The molecule has 1 unspecified atom stereocenters. The van der Waals surface area contributed by atoms with E-state index < -0.39 is 12.0 Å². The zero-order chi connectivity index (χ0) is 29.8. The minimum absolute atomic E-state index is 0.0238. The average Bonchev–Trinajstić information content (AvgIpc) is 3.62. The fraction of sp³-hybridized carbons (Fsp3) is 0.382. The Balaban J connectivity index is 1.13. The number of nitrogens with two attached hydrogens (primary N) is 1. The van der Waals surface area contributed by atoms with Gasteiger partial charge >= 0.3 is 0 Å². The van der Waals surface area contributed by atoms with Crippen LogP contribution in [0.5, 0.6) is 11.5 Å². The van der Waals surface area contributed by atoms with E-state index in [1.165, 1.54) is 0 Å². The number of hydrogen-bond acceptors (Lipinski definition) is 6. The zero-order valence-electron chi connectivity index (χ0n) is 24.6. The second kappa shape index (κ2) is 13.0. The Kier molecular flexibility index (Phi) is 8.72. The highest BCUT2D eigenvalue weighted by atomic mass is 16.5. The molecule has 4 aromatic rings. The lowest BCUT2D eigenvalue weighted by atomic mass is 9.94. The Hall–Kier alpha value is -4.21. The van der Waals surface area contributed by atoms with Crippen molar-refractivity contribution in [2.45, 2.75) is 37.8 Å². The molecule has 0 spiro atoms. The first-order valence-corrected chi connectivity index (χ1v) is 15.1. The van der Waals surface area contributed by atoms with Crippen molar-refractivity contribution in [3.63, 3.8) is 0 Å². The predicted octanol–water partition coefficient (Wildman–Crippen LogP) is 4.67. The molecule has 1 aromatic heterocycles. The summed E-state index contributed by atoms with van der Waals surface area (Å²) >= 11 is 0. The number of piperidine rings is 1. The van der Waals surface area contributed by atoms with Crippen molar-refractivity contribution in [2.24, 2.45) is 11.7 Å². The Morgan fingerprint density at radius 1 is 0.930 bits per heavy atom. The molecular formula is C34H39N5O4. The van der Waals surface area contributed by atoms with Gasteiger partial charge < -0.3 is 29.6 Å². The van der Waals surface area contributed by atoms with Crippen molar-refractivity contribution in [3.05, 3.63) is 90.3 Å². The third-order valence-electron chi connectivity index (χ3n) is 8.54. The largest absolute Gasteiger partial charge is 0.457 e. The SMILES string of the molecule is COCCCn1c(C2CCCN(C(=O)[C@@H]3CN(C(=O)c4cccc(Oc5ccccc5)c4)C[C@H]3N)C2)nc2ccccc21. The van der Waals surface area contributed by atoms with Crippen molar-refractivity contribution in [2.75, 3.05) is 39.9 Å². The van der Waals surface area contributed by atoms with Gasteiger partial charge in [-0.25, -0.2) is 4.98 Å². The molecular weight excluding hydrogens is 542 g/mol. The topological polar surface area (TPSA) is 103 Å². The molecule has 9 nitrogen and oxygen atoms in total. The van der Waals surface area contributed by atoms with Crippen LogP contribution < -0.4 is 10.5 Å². The summed E-state index contributed by atoms with van der Waals surface area (Å²) in [6.45, 7) is 3.43. The molecule has 6 rings (SSSR count). The highest BCUT2D eigenvalue weighted by Crippen LogP contribution is 2.32. The lowest BCUT2D eigenvalue weighted by molar-refractivity contribution is -0.136. The van der Waals surface area contributed by atoms with E-state index in [-0.39, 0.29) is 17.7 Å². The molecule has 3 aromatic carbocycles. The number of carbonyl (C=O) groups excluding carboxylic acids is 2. The summed E-state index contributed by atoms with van der Waals surface area (Å²) in [6, 6.07) is 24.4. The Bertz CT molecular complexity index is 1570. The van der Waals surface area contributed by atoms with E-state index in [9.17, 15) is 9.59 Å². The number of aryl methyl sites for hydroxylation is 1. The van der Waals surface area contributed by atoms with E-state index in [0.717, 1.165) is 42.7 Å². The maximum Gasteiger partial charge on any atom is 0.254 e. The molecule has 2 aliphatic heterocycles. The fourth-order valence-electron chi connectivity index (χ4n) is 6.39. The van der Waals surface area contributed by atoms with Gasteiger partial charge in [0.2, 0.25) is 5.91 Å². The standard InChI is InChI=1S/C34H39N5O4/c1-42-19-9-18-39-31-16-6-5-15-30(31)36-32(39)25-11-8-17-37(21-25)34(41)28-22-38(23-29(28)35)33(40)24-10-7-14-27(20-24)43-26-12-3-2-4-13-26/h2-7,10,12-16,20,25,28-29H,8-9,11,17-19,21-23,35H2,1H3/t25?,28-,29-/m1/s1. The summed E-state index contributed by atoms with van der Waals surface area (Å²) in [4.78, 5) is 36.0. The van der Waals surface area contributed by atoms with E-state index in [4.69, 9.17) is 20.2 Å². The van der Waals surface area contributed by atoms with Crippen molar-refractivity contribution in [1.29, 1.82) is 0 Å². The number of methoxy groups -OCH3 is 1. The number of imidazole rings is 1. The highest BCUT2D eigenvalue weighted by Gasteiger charge is 2.41. The summed E-state index contributed by atoms with van der Waals surface area (Å²) in [5.41, 5.74) is 9.12. The molecule has 2 N–H and O–H groups in total. The fourth-order valence-corrected chi connectivity index (χ4v) is 6.39. The minimum Gasteiger partial charge on any atom is -0.457 e. The van der Waals surface area contributed by atoms with Crippen LogP contribution in [-0.4, -0.2) is 77.1 Å². The molecule has 2 saturated heterocycles. The first kappa shape index (κ1) is 28.9. The van der Waals surface area contributed by atoms with Crippen molar-refractivity contribution in [3.8, 4) is 11.5 Å². The van der Waals surface area contributed by atoms with E-state index in [1.807, 2.05) is 59.5 Å². The Labute approximate surface area is 252 Å². The van der Waals surface area contributed by atoms with Gasteiger partial charge in [0.15, 0.2) is 0 Å². The van der Waals surface area contributed by atoms with Crippen molar-refractivity contribution >= 4 is 22.8 Å². The van der Waals surface area contributed by atoms with Gasteiger partial charge in [-0.1, -0.05) is 36.4 Å². The van der Waals surface area contributed by atoms with Gasteiger partial charge in [0.1, 0.15) is 17.3 Å². The van der Waals surface area contributed by atoms with Gasteiger partial charge in [-0.2, -0.15) is 0 Å². The quantitative estimate of drug-likeness (QED) is 0.288. The maximum absolute atomic E-state index is 13.9. The van der Waals surface area contributed by atoms with Gasteiger partial charge in [-0.15, -0.1) is 0 Å². The number of amides is 2. The summed E-state index contributed by atoms with van der Waals surface area (Å²) in [6.07, 6.45) is 2.76. The zero-order valence-corrected chi connectivity index (χ0v) is 24.6. The number of ether oxygens (including phenoxy) is 2. The van der Waals surface area contributed by atoms with Crippen molar-refractivity contribution < 1.29 is 19.1 Å². The summed E-state index contributed by atoms with van der Waals surface area (Å²) < 4.78 is 13.5. The molecule has 2 amide bonds. The summed E-state index contributed by atoms with van der Waals surface area (Å²) in [5, 5.41) is 0. The molecule has 2 aliphatic rings. The summed E-state index contributed by atoms with van der Waals surface area (Å²) in [5.74, 6) is 1.88. The number of benzene rings is 3. The molecule has 9 heteroatoms. The van der Waals surface area contributed by atoms with Gasteiger partial charge in [0.05, 0.1) is 17.0 Å². The Morgan fingerprint density at radius 3 is 2.56 bits per heavy atom. The maximum atomic E-state index is 13.9. The molecule has 43 heavy (non-hydrogen) atoms. The number of rotatable bonds is 9. The first-order chi connectivity index (χ1) is 21.0. The highest BCUT2D eigenvalue weighted by molar-refractivity contribution is 5.95. The third kappa shape index (κ3) is 6.28. The molecule has 0 aliphatic carbocycles. The molecule has 224 valence electrons. The van der Waals surface area contributed by atoms with Crippen LogP contribution in [0.15, 0.2) is 78.9 Å². The number of para-hydroxylation sites is 3.